The van der Waals surface area contributed by atoms with Gasteiger partial charge in [-0.3, -0.25) is 4.99 Å². The van der Waals surface area contributed by atoms with E-state index in [-0.39, 0.29) is 36.1 Å². The molecule has 0 bridgehead atoms. The largest absolute Gasteiger partial charge is 0.493 e. The molecule has 0 aliphatic carbocycles. The van der Waals surface area contributed by atoms with Crippen molar-refractivity contribution in [3.8, 4) is 5.75 Å². The van der Waals surface area contributed by atoms with Crippen LogP contribution in [0, 0.1) is 0 Å². The van der Waals surface area contributed by atoms with Gasteiger partial charge in [-0.2, -0.15) is 0 Å². The molecule has 1 N–H and O–H groups in total. The summed E-state index contributed by atoms with van der Waals surface area (Å²) in [4.78, 5) is 21.1. The molecule has 1 amide bonds. The van der Waals surface area contributed by atoms with Gasteiger partial charge in [-0.1, -0.05) is 12.1 Å². The Morgan fingerprint density at radius 3 is 2.81 bits per heavy atom. The number of carbonyl (C=O) groups excluding carboxylic acids is 1. The molecule has 8 nitrogen and oxygen atoms in total. The van der Waals surface area contributed by atoms with Crippen LogP contribution in [-0.2, 0) is 16.0 Å². The van der Waals surface area contributed by atoms with Crippen molar-refractivity contribution < 1.29 is 19.0 Å². The molecule has 3 rings (SSSR count). The number of fused-ring (bicyclic) bond motifs is 1. The summed E-state index contributed by atoms with van der Waals surface area (Å²) in [5.74, 6) is 1.76. The highest BCUT2D eigenvalue weighted by Crippen LogP contribution is 2.19. The summed E-state index contributed by atoms with van der Waals surface area (Å²) in [6.45, 7) is 10.4. The number of guanidine groups is 1. The second-order valence-corrected chi connectivity index (χ2v) is 8.63. The monoisotopic (exact) mass is 546 g/mol. The number of ether oxygens (including phenoxy) is 3. The summed E-state index contributed by atoms with van der Waals surface area (Å²) >= 11 is 0. The molecule has 2 aliphatic rings. The van der Waals surface area contributed by atoms with Crippen LogP contribution < -0.4 is 10.1 Å². The highest BCUT2D eigenvalue weighted by molar-refractivity contribution is 14.0. The van der Waals surface area contributed by atoms with E-state index in [1.165, 1.54) is 0 Å². The number of carbonyl (C=O) groups is 1. The molecule has 1 unspecified atom stereocenters. The van der Waals surface area contributed by atoms with E-state index in [4.69, 9.17) is 14.2 Å². The van der Waals surface area contributed by atoms with Crippen molar-refractivity contribution in [1.29, 1.82) is 0 Å². The lowest BCUT2D eigenvalue weighted by Gasteiger charge is -2.39. The van der Waals surface area contributed by atoms with Crippen LogP contribution in [0.3, 0.4) is 0 Å². The lowest BCUT2D eigenvalue weighted by molar-refractivity contribution is 0.0137. The van der Waals surface area contributed by atoms with Gasteiger partial charge in [0.15, 0.2) is 5.96 Å². The molecule has 0 radical (unpaired) electrons. The number of nitrogens with zero attached hydrogens (tertiary/aromatic N) is 3. The van der Waals surface area contributed by atoms with Crippen LogP contribution in [0.2, 0.25) is 0 Å². The van der Waals surface area contributed by atoms with Gasteiger partial charge in [-0.05, 0) is 38.5 Å². The zero-order chi connectivity index (χ0) is 21.6. The predicted molar refractivity (Wildman–Crippen MR) is 131 cm³/mol. The first-order valence-corrected chi connectivity index (χ1v) is 10.6. The Morgan fingerprint density at radius 1 is 1.26 bits per heavy atom. The zero-order valence-electron chi connectivity index (χ0n) is 18.9. The van der Waals surface area contributed by atoms with E-state index in [1.807, 2.05) is 39.0 Å². The highest BCUT2D eigenvalue weighted by atomic mass is 127. The van der Waals surface area contributed by atoms with E-state index < -0.39 is 5.60 Å². The molecule has 1 fully saturated rings. The summed E-state index contributed by atoms with van der Waals surface area (Å²) in [5.41, 5.74) is 0.660. The molecule has 1 aromatic rings. The van der Waals surface area contributed by atoms with E-state index in [0.29, 0.717) is 39.4 Å². The van der Waals surface area contributed by atoms with Crippen molar-refractivity contribution in [3.63, 3.8) is 0 Å². The van der Waals surface area contributed by atoms with Gasteiger partial charge in [0.1, 0.15) is 11.4 Å². The van der Waals surface area contributed by atoms with Crippen LogP contribution in [0.4, 0.5) is 4.79 Å². The number of halogens is 1. The van der Waals surface area contributed by atoms with Crippen molar-refractivity contribution >= 4 is 36.0 Å². The minimum Gasteiger partial charge on any atom is -0.493 e. The molecule has 1 aromatic carbocycles. The van der Waals surface area contributed by atoms with Gasteiger partial charge in [0.2, 0.25) is 0 Å². The second kappa shape index (κ2) is 11.8. The smallest absolute Gasteiger partial charge is 0.410 e. The summed E-state index contributed by atoms with van der Waals surface area (Å²) in [7, 11) is 1.69. The van der Waals surface area contributed by atoms with Gasteiger partial charge >= 0.3 is 6.09 Å². The van der Waals surface area contributed by atoms with Crippen LogP contribution >= 0.6 is 24.0 Å². The number of rotatable bonds is 7. The minimum absolute atomic E-state index is 0. The van der Waals surface area contributed by atoms with Crippen LogP contribution in [-0.4, -0.2) is 80.0 Å². The van der Waals surface area contributed by atoms with E-state index in [0.717, 1.165) is 30.2 Å². The highest BCUT2D eigenvalue weighted by Gasteiger charge is 2.36. The zero-order valence-corrected chi connectivity index (χ0v) is 21.3. The molecule has 1 saturated heterocycles. The van der Waals surface area contributed by atoms with E-state index in [9.17, 15) is 4.79 Å². The number of amides is 1. The van der Waals surface area contributed by atoms with Gasteiger partial charge in [0.25, 0.3) is 0 Å². The Labute approximate surface area is 202 Å². The van der Waals surface area contributed by atoms with Crippen molar-refractivity contribution in [3.05, 3.63) is 29.8 Å². The average molecular weight is 546 g/mol. The Kier molecular flexibility index (Phi) is 9.67. The quantitative estimate of drug-likeness (QED) is 0.419. The van der Waals surface area contributed by atoms with Gasteiger partial charge in [-0.15, -0.1) is 24.0 Å². The molecule has 1 atom stereocenters. The third kappa shape index (κ3) is 7.71. The van der Waals surface area contributed by atoms with Gasteiger partial charge < -0.3 is 29.3 Å². The van der Waals surface area contributed by atoms with Crippen molar-refractivity contribution in [2.24, 2.45) is 4.99 Å². The number of piperazine rings is 1. The maximum atomic E-state index is 12.4. The standard InChI is InChI=1S/C22H34N4O4.HI/c1-22(2,3)30-21(27)25-9-10-26-18(16-25)15-24-20(26)23-14-17-7-5-8-19(13-17)29-12-6-11-28-4;/h5,7-8,13,18H,6,9-12,14-16H2,1-4H3,(H,23,24);1H. The summed E-state index contributed by atoms with van der Waals surface area (Å²) in [6, 6.07) is 8.29. The number of nitrogens with one attached hydrogen (secondary N) is 1. The van der Waals surface area contributed by atoms with Gasteiger partial charge in [0.05, 0.1) is 19.2 Å². The molecule has 2 heterocycles. The maximum Gasteiger partial charge on any atom is 0.410 e. The SMILES string of the molecule is COCCCOc1cccc(CNC2=NCC3CN(C(=O)OC(C)(C)C)CCN23)c1.I. The first kappa shape index (κ1) is 25.5. The first-order valence-electron chi connectivity index (χ1n) is 10.6. The summed E-state index contributed by atoms with van der Waals surface area (Å²) in [5, 5.41) is 3.45. The van der Waals surface area contributed by atoms with Crippen LogP contribution in [0.25, 0.3) is 0 Å². The topological polar surface area (TPSA) is 75.6 Å². The first-order chi connectivity index (χ1) is 14.4. The Bertz CT molecular complexity index is 753. The minimum atomic E-state index is -0.477. The maximum absolute atomic E-state index is 12.4. The lowest BCUT2D eigenvalue weighted by atomic mass is 10.2. The molecule has 2 aliphatic heterocycles. The number of hydrogen-bond donors (Lipinski definition) is 1. The van der Waals surface area contributed by atoms with E-state index in [1.54, 1.807) is 12.0 Å². The van der Waals surface area contributed by atoms with Gasteiger partial charge in [-0.25, -0.2) is 4.79 Å². The molecule has 174 valence electrons. The molecule has 0 spiro atoms. The molecular weight excluding hydrogens is 511 g/mol. The van der Waals surface area contributed by atoms with Crippen LogP contribution in [0.5, 0.6) is 5.75 Å². The fourth-order valence-electron chi connectivity index (χ4n) is 3.54. The van der Waals surface area contributed by atoms with Crippen LogP contribution in [0.15, 0.2) is 29.3 Å². The van der Waals surface area contributed by atoms with Gasteiger partial charge in [0, 0.05) is 46.3 Å². The van der Waals surface area contributed by atoms with Crippen molar-refractivity contribution in [2.45, 2.75) is 45.4 Å². The number of aliphatic imine (C=N–C) groups is 1. The fourth-order valence-corrected chi connectivity index (χ4v) is 3.54. The lowest BCUT2D eigenvalue weighted by Crippen LogP contribution is -2.57. The molecule has 31 heavy (non-hydrogen) atoms. The molecule has 9 heteroatoms. The van der Waals surface area contributed by atoms with Crippen LogP contribution in [0.1, 0.15) is 32.8 Å². The second-order valence-electron chi connectivity index (χ2n) is 8.63. The Balaban J connectivity index is 0.00000341. The Morgan fingerprint density at radius 2 is 2.06 bits per heavy atom. The molecule has 0 saturated carbocycles. The third-order valence-electron chi connectivity index (χ3n) is 4.97. The van der Waals surface area contributed by atoms with Crippen molar-refractivity contribution in [2.75, 3.05) is 46.5 Å². The van der Waals surface area contributed by atoms with E-state index >= 15 is 0 Å². The summed E-state index contributed by atoms with van der Waals surface area (Å²) < 4.78 is 16.3. The van der Waals surface area contributed by atoms with Crippen molar-refractivity contribution in [1.82, 2.24) is 15.1 Å². The summed E-state index contributed by atoms with van der Waals surface area (Å²) in [6.07, 6.45) is 0.623. The predicted octanol–water partition coefficient (Wildman–Crippen LogP) is 3.10. The number of methoxy groups -OCH3 is 1. The molecular formula is C22H35IN4O4. The Hall–Kier alpha value is -1.75. The molecule has 0 aromatic heterocycles. The van der Waals surface area contributed by atoms with E-state index in [2.05, 4.69) is 21.3 Å². The number of hydrogen-bond acceptors (Lipinski definition) is 7. The normalized spacial score (nSPS) is 18.1. The third-order valence-corrected chi connectivity index (χ3v) is 4.97. The number of benzene rings is 1. The average Bonchev–Trinajstić information content (AvgIpc) is 3.11. The fraction of sp³-hybridized carbons (Fsp3) is 0.636.